The van der Waals surface area contributed by atoms with Crippen molar-refractivity contribution in [2.75, 3.05) is 24.6 Å². The number of carbonyl (C=O) groups excluding carboxylic acids is 1. The Hall–Kier alpha value is -3.38. The number of thiophene rings is 1. The molecule has 1 aliphatic heterocycles. The van der Waals surface area contributed by atoms with Crippen LogP contribution in [0.5, 0.6) is 5.75 Å². The van der Waals surface area contributed by atoms with Crippen molar-refractivity contribution in [1.82, 2.24) is 10.3 Å². The third-order valence-corrected chi connectivity index (χ3v) is 7.29. The normalized spacial score (nSPS) is 14.3. The van der Waals surface area contributed by atoms with E-state index in [1.165, 1.54) is 10.4 Å². The van der Waals surface area contributed by atoms with Gasteiger partial charge in [-0.3, -0.25) is 4.79 Å². The van der Waals surface area contributed by atoms with Crippen molar-refractivity contribution in [3.05, 3.63) is 77.7 Å². The number of carbonyl (C=O) groups is 1. The average molecular weight is 472 g/mol. The van der Waals surface area contributed by atoms with Crippen molar-refractivity contribution >= 4 is 33.1 Å². The van der Waals surface area contributed by atoms with Gasteiger partial charge >= 0.3 is 0 Å². The van der Waals surface area contributed by atoms with E-state index in [2.05, 4.69) is 39.9 Å². The lowest BCUT2D eigenvalue weighted by Crippen LogP contribution is -2.40. The fourth-order valence-electron chi connectivity index (χ4n) is 4.52. The molecule has 1 aliphatic rings. The average Bonchev–Trinajstić information content (AvgIpc) is 3.37. The summed E-state index contributed by atoms with van der Waals surface area (Å²) in [5.74, 6) is 1.05. The molecule has 1 amide bonds. The van der Waals surface area contributed by atoms with E-state index in [9.17, 15) is 4.79 Å². The summed E-state index contributed by atoms with van der Waals surface area (Å²) in [5.41, 5.74) is 5.47. The van der Waals surface area contributed by atoms with Gasteiger partial charge in [-0.1, -0.05) is 42.5 Å². The van der Waals surface area contributed by atoms with Crippen LogP contribution in [0, 0.1) is 5.92 Å². The maximum Gasteiger partial charge on any atom is 0.223 e. The van der Waals surface area contributed by atoms with Crippen molar-refractivity contribution in [2.24, 2.45) is 5.92 Å². The van der Waals surface area contributed by atoms with E-state index in [0.29, 0.717) is 13.2 Å². The Bertz CT molecular complexity index is 1250. The molecule has 0 bridgehead atoms. The standard InChI is InChI=1S/C28H29N3O2S/c1-2-33-23-10-8-20(9-11-23)19-29-28(32)22-12-15-31(16-13-22)26-18-25(21-6-4-3-5-7-21)30-24-14-17-34-27(24)26/h3-11,14,17-18,22H,2,12-13,15-16,19H2,1H3,(H,29,32). The highest BCUT2D eigenvalue weighted by molar-refractivity contribution is 7.17. The largest absolute Gasteiger partial charge is 0.494 e. The van der Waals surface area contributed by atoms with E-state index in [1.54, 1.807) is 11.3 Å². The number of aromatic nitrogens is 1. The molecule has 1 saturated heterocycles. The fraction of sp³-hybridized carbons (Fsp3) is 0.286. The van der Waals surface area contributed by atoms with Gasteiger partial charge in [0.25, 0.3) is 0 Å². The first-order chi connectivity index (χ1) is 16.7. The highest BCUT2D eigenvalue weighted by Crippen LogP contribution is 2.36. The van der Waals surface area contributed by atoms with Crippen LogP contribution in [0.15, 0.2) is 72.1 Å². The predicted molar refractivity (Wildman–Crippen MR) is 139 cm³/mol. The first-order valence-electron chi connectivity index (χ1n) is 11.9. The molecule has 0 saturated carbocycles. The van der Waals surface area contributed by atoms with E-state index in [-0.39, 0.29) is 11.8 Å². The van der Waals surface area contributed by atoms with Gasteiger partial charge in [0.05, 0.1) is 28.2 Å². The number of pyridine rings is 1. The van der Waals surface area contributed by atoms with Crippen molar-refractivity contribution in [3.63, 3.8) is 0 Å². The van der Waals surface area contributed by atoms with Crippen LogP contribution in [-0.2, 0) is 11.3 Å². The molecule has 0 atom stereocenters. The van der Waals surface area contributed by atoms with E-state index < -0.39 is 0 Å². The molecule has 1 N–H and O–H groups in total. The minimum Gasteiger partial charge on any atom is -0.494 e. The Kier molecular flexibility index (Phi) is 6.77. The van der Waals surface area contributed by atoms with Crippen molar-refractivity contribution < 1.29 is 9.53 Å². The quantitative estimate of drug-likeness (QED) is 0.365. The number of hydrogen-bond donors (Lipinski definition) is 1. The molecule has 0 radical (unpaired) electrons. The van der Waals surface area contributed by atoms with Crippen LogP contribution >= 0.6 is 11.3 Å². The van der Waals surface area contributed by atoms with Crippen LogP contribution in [-0.4, -0.2) is 30.6 Å². The summed E-state index contributed by atoms with van der Waals surface area (Å²) in [5, 5.41) is 5.23. The van der Waals surface area contributed by atoms with Gasteiger partial charge in [-0.25, -0.2) is 4.98 Å². The Morgan fingerprint density at radius 2 is 1.85 bits per heavy atom. The number of nitrogens with one attached hydrogen (secondary N) is 1. The minimum absolute atomic E-state index is 0.0493. The summed E-state index contributed by atoms with van der Waals surface area (Å²) < 4.78 is 6.71. The summed E-state index contributed by atoms with van der Waals surface area (Å²) in [6.45, 7) is 4.91. The maximum atomic E-state index is 12.8. The van der Waals surface area contributed by atoms with Gasteiger partial charge in [0.15, 0.2) is 0 Å². The second-order valence-electron chi connectivity index (χ2n) is 8.58. The summed E-state index contributed by atoms with van der Waals surface area (Å²) in [6.07, 6.45) is 1.70. The zero-order chi connectivity index (χ0) is 23.3. The number of fused-ring (bicyclic) bond motifs is 1. The van der Waals surface area contributed by atoms with Gasteiger partial charge in [-0.05, 0) is 55.0 Å². The van der Waals surface area contributed by atoms with E-state index in [0.717, 1.165) is 54.0 Å². The smallest absolute Gasteiger partial charge is 0.223 e. The number of piperidine rings is 1. The molecule has 1 fully saturated rings. The molecule has 34 heavy (non-hydrogen) atoms. The van der Waals surface area contributed by atoms with Crippen LogP contribution in [0.1, 0.15) is 25.3 Å². The molecular formula is C28H29N3O2S. The highest BCUT2D eigenvalue weighted by atomic mass is 32.1. The SMILES string of the molecule is CCOc1ccc(CNC(=O)C2CCN(c3cc(-c4ccccc4)nc4ccsc34)CC2)cc1. The van der Waals surface area contributed by atoms with Crippen molar-refractivity contribution in [1.29, 1.82) is 0 Å². The summed E-state index contributed by atoms with van der Waals surface area (Å²) in [4.78, 5) is 20.1. The first kappa shape index (κ1) is 22.4. The number of amides is 1. The number of rotatable bonds is 7. The lowest BCUT2D eigenvalue weighted by Gasteiger charge is -2.33. The maximum absolute atomic E-state index is 12.8. The number of hydrogen-bond acceptors (Lipinski definition) is 5. The van der Waals surface area contributed by atoms with Crippen LogP contribution in [0.25, 0.3) is 21.5 Å². The van der Waals surface area contributed by atoms with Gasteiger partial charge in [-0.15, -0.1) is 11.3 Å². The topological polar surface area (TPSA) is 54.5 Å². The van der Waals surface area contributed by atoms with Crippen LogP contribution < -0.4 is 15.0 Å². The molecule has 0 spiro atoms. The summed E-state index contributed by atoms with van der Waals surface area (Å²) in [6, 6.07) is 22.5. The lowest BCUT2D eigenvalue weighted by atomic mass is 9.95. The molecular weight excluding hydrogens is 442 g/mol. The Labute approximate surface area is 204 Å². The molecule has 174 valence electrons. The van der Waals surface area contributed by atoms with Gasteiger partial charge in [0, 0.05) is 31.1 Å². The molecule has 0 aliphatic carbocycles. The van der Waals surface area contributed by atoms with Gasteiger partial charge in [0.1, 0.15) is 5.75 Å². The molecule has 5 nitrogen and oxygen atoms in total. The molecule has 3 heterocycles. The fourth-order valence-corrected chi connectivity index (χ4v) is 5.39. The zero-order valence-corrected chi connectivity index (χ0v) is 20.2. The van der Waals surface area contributed by atoms with Crippen LogP contribution in [0.4, 0.5) is 5.69 Å². The van der Waals surface area contributed by atoms with E-state index >= 15 is 0 Å². The van der Waals surface area contributed by atoms with Gasteiger partial charge in [-0.2, -0.15) is 0 Å². The molecule has 0 unspecified atom stereocenters. The molecule has 6 heteroatoms. The third kappa shape index (κ3) is 4.92. The molecule has 2 aromatic heterocycles. The first-order valence-corrected chi connectivity index (χ1v) is 12.8. The Morgan fingerprint density at radius 1 is 1.09 bits per heavy atom. The zero-order valence-electron chi connectivity index (χ0n) is 19.4. The number of anilines is 1. The lowest BCUT2D eigenvalue weighted by molar-refractivity contribution is -0.125. The minimum atomic E-state index is 0.0493. The summed E-state index contributed by atoms with van der Waals surface area (Å²) in [7, 11) is 0. The van der Waals surface area contributed by atoms with Crippen molar-refractivity contribution in [3.8, 4) is 17.0 Å². The second-order valence-corrected chi connectivity index (χ2v) is 9.50. The van der Waals surface area contributed by atoms with Gasteiger partial charge < -0.3 is 15.0 Å². The third-order valence-electron chi connectivity index (χ3n) is 6.37. The number of benzene rings is 2. The van der Waals surface area contributed by atoms with Crippen LogP contribution in [0.2, 0.25) is 0 Å². The van der Waals surface area contributed by atoms with Crippen LogP contribution in [0.3, 0.4) is 0 Å². The molecule has 2 aromatic carbocycles. The number of nitrogens with zero attached hydrogens (tertiary/aromatic N) is 2. The second kappa shape index (κ2) is 10.3. The highest BCUT2D eigenvalue weighted by Gasteiger charge is 2.26. The monoisotopic (exact) mass is 471 g/mol. The Balaban J connectivity index is 1.23. The van der Waals surface area contributed by atoms with E-state index in [1.807, 2.05) is 49.4 Å². The molecule has 5 rings (SSSR count). The van der Waals surface area contributed by atoms with Gasteiger partial charge in [0.2, 0.25) is 5.91 Å². The summed E-state index contributed by atoms with van der Waals surface area (Å²) >= 11 is 1.74. The predicted octanol–water partition coefficient (Wildman–Crippen LogP) is 5.89. The van der Waals surface area contributed by atoms with E-state index in [4.69, 9.17) is 9.72 Å². The van der Waals surface area contributed by atoms with Crippen molar-refractivity contribution in [2.45, 2.75) is 26.3 Å². The Morgan fingerprint density at radius 3 is 2.59 bits per heavy atom. The number of ether oxygens (including phenoxy) is 1. The molecule has 4 aromatic rings.